The van der Waals surface area contributed by atoms with Crippen LogP contribution in [0.4, 0.5) is 0 Å². The smallest absolute Gasteiger partial charge is 0.249 e. The fourth-order valence-electron chi connectivity index (χ4n) is 3.80. The third-order valence-corrected chi connectivity index (χ3v) is 5.50. The van der Waals surface area contributed by atoms with Crippen LogP contribution < -0.4 is 0 Å². The summed E-state index contributed by atoms with van der Waals surface area (Å²) in [6.07, 6.45) is 1.21. The SMILES string of the molecule is Cc1cccc(CN2C(=O)CCC2c2nc(-c3ccc(C(C)(C)C)cc3)no2)c1. The summed E-state index contributed by atoms with van der Waals surface area (Å²) in [5.41, 5.74) is 4.58. The number of nitrogens with zero attached hydrogens (tertiary/aromatic N) is 3. The van der Waals surface area contributed by atoms with E-state index in [2.05, 4.69) is 62.1 Å². The van der Waals surface area contributed by atoms with Crippen molar-refractivity contribution in [3.63, 3.8) is 0 Å². The third kappa shape index (κ3) is 4.09. The second kappa shape index (κ2) is 7.47. The number of aryl methyl sites for hydroxylation is 1. The molecular weight excluding hydrogens is 362 g/mol. The standard InChI is InChI=1S/C24H27N3O2/c1-16-6-5-7-17(14-16)15-27-20(12-13-21(27)28)23-25-22(26-29-23)18-8-10-19(11-9-18)24(2,3)4/h5-11,14,20H,12-13,15H2,1-4H3. The summed E-state index contributed by atoms with van der Waals surface area (Å²) in [6.45, 7) is 9.18. The van der Waals surface area contributed by atoms with Crippen LogP contribution >= 0.6 is 0 Å². The van der Waals surface area contributed by atoms with Crippen LogP contribution in [-0.4, -0.2) is 20.9 Å². The van der Waals surface area contributed by atoms with Gasteiger partial charge in [-0.15, -0.1) is 0 Å². The topological polar surface area (TPSA) is 59.2 Å². The van der Waals surface area contributed by atoms with Gasteiger partial charge in [-0.25, -0.2) is 0 Å². The Labute approximate surface area is 171 Å². The molecule has 0 radical (unpaired) electrons. The van der Waals surface area contributed by atoms with Crippen molar-refractivity contribution < 1.29 is 9.32 Å². The van der Waals surface area contributed by atoms with Crippen LogP contribution in [0.25, 0.3) is 11.4 Å². The van der Waals surface area contributed by atoms with Crippen molar-refractivity contribution >= 4 is 5.91 Å². The van der Waals surface area contributed by atoms with E-state index in [1.807, 2.05) is 29.2 Å². The van der Waals surface area contributed by atoms with Crippen molar-refractivity contribution in [1.29, 1.82) is 0 Å². The molecule has 0 saturated carbocycles. The predicted molar refractivity (Wildman–Crippen MR) is 112 cm³/mol. The number of hydrogen-bond acceptors (Lipinski definition) is 4. The van der Waals surface area contributed by atoms with Crippen molar-refractivity contribution in [2.75, 3.05) is 0 Å². The average Bonchev–Trinajstić information content (AvgIpc) is 3.29. The monoisotopic (exact) mass is 389 g/mol. The molecule has 1 aliphatic heterocycles. The first-order valence-corrected chi connectivity index (χ1v) is 10.1. The van der Waals surface area contributed by atoms with E-state index in [0.29, 0.717) is 31.1 Å². The summed E-state index contributed by atoms with van der Waals surface area (Å²) >= 11 is 0. The molecule has 1 atom stereocenters. The molecule has 1 fully saturated rings. The second-order valence-corrected chi connectivity index (χ2v) is 8.85. The predicted octanol–water partition coefficient (Wildman–Crippen LogP) is 5.21. The molecule has 0 N–H and O–H groups in total. The lowest BCUT2D eigenvalue weighted by Crippen LogP contribution is -2.27. The number of carbonyl (C=O) groups excluding carboxylic acids is 1. The van der Waals surface area contributed by atoms with Crippen molar-refractivity contribution in [2.45, 2.75) is 58.5 Å². The van der Waals surface area contributed by atoms with E-state index in [4.69, 9.17) is 4.52 Å². The van der Waals surface area contributed by atoms with E-state index in [-0.39, 0.29) is 17.4 Å². The van der Waals surface area contributed by atoms with E-state index < -0.39 is 0 Å². The van der Waals surface area contributed by atoms with Gasteiger partial charge in [0.15, 0.2) is 0 Å². The maximum atomic E-state index is 12.5. The van der Waals surface area contributed by atoms with Gasteiger partial charge in [0.1, 0.15) is 6.04 Å². The zero-order chi connectivity index (χ0) is 20.6. The summed E-state index contributed by atoms with van der Waals surface area (Å²) in [5.74, 6) is 1.21. The van der Waals surface area contributed by atoms with Crippen molar-refractivity contribution in [3.8, 4) is 11.4 Å². The molecule has 29 heavy (non-hydrogen) atoms. The Bertz CT molecular complexity index is 1020. The Morgan fingerprint density at radius 2 is 1.90 bits per heavy atom. The molecule has 1 aromatic heterocycles. The Kier molecular flexibility index (Phi) is 4.99. The molecule has 1 unspecified atom stereocenters. The summed E-state index contributed by atoms with van der Waals surface area (Å²) in [7, 11) is 0. The molecule has 5 heteroatoms. The van der Waals surface area contributed by atoms with Gasteiger partial charge in [-0.1, -0.05) is 80.0 Å². The summed E-state index contributed by atoms with van der Waals surface area (Å²) in [5, 5.41) is 4.18. The molecule has 150 valence electrons. The summed E-state index contributed by atoms with van der Waals surface area (Å²) in [4.78, 5) is 19.0. The molecule has 0 aliphatic carbocycles. The highest BCUT2D eigenvalue weighted by Crippen LogP contribution is 2.34. The first-order valence-electron chi connectivity index (χ1n) is 10.1. The molecule has 0 bridgehead atoms. The largest absolute Gasteiger partial charge is 0.337 e. The third-order valence-electron chi connectivity index (χ3n) is 5.50. The Morgan fingerprint density at radius 1 is 1.14 bits per heavy atom. The molecule has 5 nitrogen and oxygen atoms in total. The molecule has 4 rings (SSSR count). The van der Waals surface area contributed by atoms with Gasteiger partial charge in [0.25, 0.3) is 0 Å². The molecule has 2 aromatic carbocycles. The number of likely N-dealkylation sites (tertiary alicyclic amines) is 1. The molecule has 1 amide bonds. The molecule has 0 spiro atoms. The van der Waals surface area contributed by atoms with Gasteiger partial charge in [0.2, 0.25) is 17.6 Å². The van der Waals surface area contributed by atoms with Gasteiger partial charge in [-0.3, -0.25) is 4.79 Å². The minimum absolute atomic E-state index is 0.0987. The van der Waals surface area contributed by atoms with Crippen LogP contribution in [0.1, 0.15) is 62.2 Å². The van der Waals surface area contributed by atoms with Gasteiger partial charge >= 0.3 is 0 Å². The van der Waals surface area contributed by atoms with Gasteiger partial charge in [-0.2, -0.15) is 4.98 Å². The van der Waals surface area contributed by atoms with Gasteiger partial charge in [0.05, 0.1) is 0 Å². The van der Waals surface area contributed by atoms with Crippen molar-refractivity contribution in [1.82, 2.24) is 15.0 Å². The molecule has 1 saturated heterocycles. The van der Waals surface area contributed by atoms with E-state index >= 15 is 0 Å². The van der Waals surface area contributed by atoms with E-state index in [0.717, 1.165) is 11.1 Å². The van der Waals surface area contributed by atoms with E-state index in [1.54, 1.807) is 0 Å². The quantitative estimate of drug-likeness (QED) is 0.615. The van der Waals surface area contributed by atoms with Crippen LogP contribution in [0.5, 0.6) is 0 Å². The van der Waals surface area contributed by atoms with Crippen LogP contribution in [0.3, 0.4) is 0 Å². The summed E-state index contributed by atoms with van der Waals surface area (Å²) < 4.78 is 5.59. The summed E-state index contributed by atoms with van der Waals surface area (Å²) in [6, 6.07) is 16.3. The zero-order valence-electron chi connectivity index (χ0n) is 17.5. The van der Waals surface area contributed by atoms with Gasteiger partial charge < -0.3 is 9.42 Å². The highest BCUT2D eigenvalue weighted by Gasteiger charge is 2.36. The molecule has 2 heterocycles. The lowest BCUT2D eigenvalue weighted by Gasteiger charge is -2.22. The van der Waals surface area contributed by atoms with Gasteiger partial charge in [0, 0.05) is 18.5 Å². The molecular formula is C24H27N3O2. The molecule has 1 aliphatic rings. The first-order chi connectivity index (χ1) is 13.8. The maximum Gasteiger partial charge on any atom is 0.249 e. The highest BCUT2D eigenvalue weighted by atomic mass is 16.5. The normalized spacial score (nSPS) is 17.2. The molecule has 3 aromatic rings. The van der Waals surface area contributed by atoms with Crippen LogP contribution in [0, 0.1) is 6.92 Å². The number of hydrogen-bond donors (Lipinski definition) is 0. The lowest BCUT2D eigenvalue weighted by molar-refractivity contribution is -0.129. The van der Waals surface area contributed by atoms with Crippen LogP contribution in [0.15, 0.2) is 53.1 Å². The average molecular weight is 389 g/mol. The zero-order valence-corrected chi connectivity index (χ0v) is 17.5. The fraction of sp³-hybridized carbons (Fsp3) is 0.375. The van der Waals surface area contributed by atoms with Crippen molar-refractivity contribution in [2.24, 2.45) is 0 Å². The number of rotatable bonds is 4. The van der Waals surface area contributed by atoms with Crippen LogP contribution in [-0.2, 0) is 16.8 Å². The Balaban J connectivity index is 1.55. The lowest BCUT2D eigenvalue weighted by atomic mass is 9.87. The van der Waals surface area contributed by atoms with Gasteiger partial charge in [-0.05, 0) is 29.9 Å². The number of carbonyl (C=O) groups is 1. The Hall–Kier alpha value is -2.95. The van der Waals surface area contributed by atoms with Crippen LogP contribution in [0.2, 0.25) is 0 Å². The van der Waals surface area contributed by atoms with E-state index in [1.165, 1.54) is 11.1 Å². The fourth-order valence-corrected chi connectivity index (χ4v) is 3.80. The highest BCUT2D eigenvalue weighted by molar-refractivity contribution is 5.78. The Morgan fingerprint density at radius 3 is 2.59 bits per heavy atom. The first kappa shape index (κ1) is 19.4. The number of aromatic nitrogens is 2. The van der Waals surface area contributed by atoms with Crippen molar-refractivity contribution in [3.05, 3.63) is 71.1 Å². The number of benzene rings is 2. The second-order valence-electron chi connectivity index (χ2n) is 8.85. The maximum absolute atomic E-state index is 12.5. The van der Waals surface area contributed by atoms with E-state index in [9.17, 15) is 4.79 Å². The minimum atomic E-state index is -0.168. The number of amides is 1. The minimum Gasteiger partial charge on any atom is -0.337 e.